The van der Waals surface area contributed by atoms with E-state index in [4.69, 9.17) is 4.42 Å². The van der Waals surface area contributed by atoms with E-state index < -0.39 is 23.1 Å². The van der Waals surface area contributed by atoms with Crippen molar-refractivity contribution in [2.24, 2.45) is 0 Å². The lowest BCUT2D eigenvalue weighted by atomic mass is 10.0. The second-order valence-electron chi connectivity index (χ2n) is 5.59. The monoisotopic (exact) mass is 310 g/mol. The van der Waals surface area contributed by atoms with Gasteiger partial charge in [-0.2, -0.15) is 0 Å². The quantitative estimate of drug-likeness (QED) is 0.505. The zero-order valence-electron chi connectivity index (χ0n) is 13.5. The second-order valence-corrected chi connectivity index (χ2v) is 5.59. The van der Waals surface area contributed by atoms with Gasteiger partial charge in [-0.1, -0.05) is 46.0 Å². The predicted octanol–water partition coefficient (Wildman–Crippen LogP) is 3.94. The van der Waals surface area contributed by atoms with Gasteiger partial charge in [0.2, 0.25) is 0 Å². The third-order valence-corrected chi connectivity index (χ3v) is 3.74. The molecular formula is C17H26O5. The molecule has 1 aromatic rings. The van der Waals surface area contributed by atoms with Crippen LogP contribution in [0.3, 0.4) is 0 Å². The lowest BCUT2D eigenvalue weighted by Gasteiger charge is -2.09. The maximum Gasteiger partial charge on any atom is 0.353 e. The van der Waals surface area contributed by atoms with E-state index in [1.165, 1.54) is 0 Å². The fourth-order valence-electron chi connectivity index (χ4n) is 2.41. The first-order valence-corrected chi connectivity index (χ1v) is 8.14. The fraction of sp³-hybridized carbons (Fsp3) is 0.647. The summed E-state index contributed by atoms with van der Waals surface area (Å²) in [5.41, 5.74) is -1.12. The Morgan fingerprint density at radius 3 is 2.27 bits per heavy atom. The average Bonchev–Trinajstić information content (AvgIpc) is 2.46. The highest BCUT2D eigenvalue weighted by molar-refractivity contribution is 5.98. The summed E-state index contributed by atoms with van der Waals surface area (Å²) in [5, 5.41) is 19.9. The maximum absolute atomic E-state index is 12.1. The van der Waals surface area contributed by atoms with E-state index in [2.05, 4.69) is 6.92 Å². The Bertz CT molecular complexity index is 545. The van der Waals surface area contributed by atoms with Gasteiger partial charge in [0, 0.05) is 6.42 Å². The van der Waals surface area contributed by atoms with Gasteiger partial charge in [-0.15, -0.1) is 0 Å². The van der Waals surface area contributed by atoms with E-state index >= 15 is 0 Å². The molecular weight excluding hydrogens is 284 g/mol. The molecule has 0 atom stereocenters. The maximum atomic E-state index is 12.1. The van der Waals surface area contributed by atoms with Crippen molar-refractivity contribution in [2.45, 2.75) is 71.6 Å². The van der Waals surface area contributed by atoms with Crippen LogP contribution in [0, 0.1) is 0 Å². The highest BCUT2D eigenvalue weighted by Gasteiger charge is 2.23. The molecule has 1 rings (SSSR count). The van der Waals surface area contributed by atoms with E-state index in [9.17, 15) is 19.8 Å². The van der Waals surface area contributed by atoms with E-state index in [-0.39, 0.29) is 17.5 Å². The molecule has 1 heterocycles. The van der Waals surface area contributed by atoms with Crippen LogP contribution in [0.15, 0.2) is 9.21 Å². The van der Waals surface area contributed by atoms with Crippen LogP contribution < -0.4 is 5.63 Å². The molecule has 0 aliphatic heterocycles. The summed E-state index contributed by atoms with van der Waals surface area (Å²) in [7, 11) is 0. The molecule has 124 valence electrons. The SMILES string of the molecule is CCCCCCc1c(O)oc(=O)c(C(=O)CCCCC)c1O. The summed E-state index contributed by atoms with van der Waals surface area (Å²) in [4.78, 5) is 23.9. The van der Waals surface area contributed by atoms with Gasteiger partial charge in [0.25, 0.3) is 5.95 Å². The van der Waals surface area contributed by atoms with E-state index in [0.29, 0.717) is 12.8 Å². The Labute approximate surface area is 131 Å². The van der Waals surface area contributed by atoms with Gasteiger partial charge in [-0.05, 0) is 19.3 Å². The van der Waals surface area contributed by atoms with Crippen molar-refractivity contribution in [1.82, 2.24) is 0 Å². The van der Waals surface area contributed by atoms with Gasteiger partial charge in [-0.3, -0.25) is 4.79 Å². The topological polar surface area (TPSA) is 87.7 Å². The summed E-state index contributed by atoms with van der Waals surface area (Å²) in [5.74, 6) is -1.41. The lowest BCUT2D eigenvalue weighted by molar-refractivity contribution is 0.0971. The highest BCUT2D eigenvalue weighted by Crippen LogP contribution is 2.30. The molecule has 5 heteroatoms. The first-order valence-electron chi connectivity index (χ1n) is 8.14. The van der Waals surface area contributed by atoms with Crippen LogP contribution in [-0.2, 0) is 6.42 Å². The first kappa shape index (κ1) is 18.3. The third-order valence-electron chi connectivity index (χ3n) is 3.74. The number of hydrogen-bond acceptors (Lipinski definition) is 5. The van der Waals surface area contributed by atoms with Crippen molar-refractivity contribution in [2.75, 3.05) is 0 Å². The number of rotatable bonds is 10. The molecule has 0 radical (unpaired) electrons. The number of carbonyl (C=O) groups is 1. The zero-order chi connectivity index (χ0) is 16.5. The van der Waals surface area contributed by atoms with Crippen LogP contribution in [0.4, 0.5) is 0 Å². The minimum absolute atomic E-state index is 0.162. The highest BCUT2D eigenvalue weighted by atomic mass is 16.5. The summed E-state index contributed by atoms with van der Waals surface area (Å²) in [6.07, 6.45) is 6.94. The summed E-state index contributed by atoms with van der Waals surface area (Å²) < 4.78 is 4.72. The summed E-state index contributed by atoms with van der Waals surface area (Å²) >= 11 is 0. The van der Waals surface area contributed by atoms with Crippen LogP contribution in [0.5, 0.6) is 11.7 Å². The summed E-state index contributed by atoms with van der Waals surface area (Å²) in [6, 6.07) is 0. The summed E-state index contributed by atoms with van der Waals surface area (Å²) in [6.45, 7) is 4.11. The molecule has 1 aromatic heterocycles. The van der Waals surface area contributed by atoms with Gasteiger partial charge < -0.3 is 14.6 Å². The van der Waals surface area contributed by atoms with Crippen molar-refractivity contribution in [3.05, 3.63) is 21.5 Å². The van der Waals surface area contributed by atoms with Crippen molar-refractivity contribution < 1.29 is 19.4 Å². The fourth-order valence-corrected chi connectivity index (χ4v) is 2.41. The van der Waals surface area contributed by atoms with Gasteiger partial charge in [0.1, 0.15) is 11.3 Å². The average molecular weight is 310 g/mol. The molecule has 0 aliphatic carbocycles. The Morgan fingerprint density at radius 1 is 1.00 bits per heavy atom. The minimum Gasteiger partial charge on any atom is -0.506 e. The molecule has 0 saturated heterocycles. The number of Topliss-reactive ketones (excluding diaryl/α,β-unsaturated/α-hetero) is 1. The molecule has 0 amide bonds. The lowest BCUT2D eigenvalue weighted by Crippen LogP contribution is -2.15. The number of ketones is 1. The van der Waals surface area contributed by atoms with E-state index in [1.807, 2.05) is 6.92 Å². The molecule has 0 spiro atoms. The Kier molecular flexibility index (Phi) is 7.71. The van der Waals surface area contributed by atoms with Crippen LogP contribution in [-0.4, -0.2) is 16.0 Å². The smallest absolute Gasteiger partial charge is 0.353 e. The van der Waals surface area contributed by atoms with Gasteiger partial charge >= 0.3 is 5.63 Å². The largest absolute Gasteiger partial charge is 0.506 e. The number of unbranched alkanes of at least 4 members (excludes halogenated alkanes) is 5. The zero-order valence-corrected chi connectivity index (χ0v) is 13.5. The first-order chi connectivity index (χ1) is 10.5. The second kappa shape index (κ2) is 9.28. The minimum atomic E-state index is -0.964. The van der Waals surface area contributed by atoms with Gasteiger partial charge in [-0.25, -0.2) is 4.79 Å². The van der Waals surface area contributed by atoms with E-state index in [1.54, 1.807) is 0 Å². The van der Waals surface area contributed by atoms with Crippen LogP contribution >= 0.6 is 0 Å². The van der Waals surface area contributed by atoms with Crippen LogP contribution in [0.1, 0.15) is 81.1 Å². The molecule has 0 saturated carbocycles. The molecule has 0 fully saturated rings. The van der Waals surface area contributed by atoms with Crippen LogP contribution in [0.2, 0.25) is 0 Å². The molecule has 0 aliphatic rings. The van der Waals surface area contributed by atoms with Crippen molar-refractivity contribution >= 4 is 5.78 Å². The van der Waals surface area contributed by atoms with Crippen molar-refractivity contribution in [3.63, 3.8) is 0 Å². The van der Waals surface area contributed by atoms with Crippen molar-refractivity contribution in [1.29, 1.82) is 0 Å². The third kappa shape index (κ3) is 4.90. The Balaban J connectivity index is 2.93. The molecule has 0 aromatic carbocycles. The standard InChI is InChI=1S/C17H26O5/c1-3-5-7-9-10-12-15(19)14(17(21)22-16(12)20)13(18)11-8-6-4-2/h19-20H,3-11H2,1-2H3. The van der Waals surface area contributed by atoms with Crippen LogP contribution in [0.25, 0.3) is 0 Å². The Morgan fingerprint density at radius 2 is 1.64 bits per heavy atom. The molecule has 5 nitrogen and oxygen atoms in total. The number of aromatic hydroxyl groups is 2. The van der Waals surface area contributed by atoms with Crippen molar-refractivity contribution in [3.8, 4) is 11.7 Å². The molecule has 22 heavy (non-hydrogen) atoms. The van der Waals surface area contributed by atoms with Gasteiger partial charge in [0.05, 0.1) is 5.56 Å². The predicted molar refractivity (Wildman–Crippen MR) is 84.6 cm³/mol. The normalized spacial score (nSPS) is 10.8. The molecule has 2 N–H and O–H groups in total. The Hall–Kier alpha value is -1.78. The number of hydrogen-bond donors (Lipinski definition) is 2. The van der Waals surface area contributed by atoms with Gasteiger partial charge in [0.15, 0.2) is 5.78 Å². The van der Waals surface area contributed by atoms with E-state index in [0.717, 1.165) is 38.5 Å². The number of carbonyl (C=O) groups excluding carboxylic acids is 1. The molecule has 0 bridgehead atoms. The molecule has 0 unspecified atom stereocenters.